The molecule has 4 aromatic rings. The van der Waals surface area contributed by atoms with E-state index in [0.29, 0.717) is 0 Å². The van der Waals surface area contributed by atoms with Crippen LogP contribution in [0.5, 0.6) is 0 Å². The molecule has 112 valence electrons. The van der Waals surface area contributed by atoms with Crippen LogP contribution in [0.1, 0.15) is 5.69 Å². The zero-order valence-electron chi connectivity index (χ0n) is 12.4. The van der Waals surface area contributed by atoms with Gasteiger partial charge in [0.05, 0.1) is 15.9 Å². The van der Waals surface area contributed by atoms with Gasteiger partial charge in [-0.05, 0) is 11.6 Å². The van der Waals surface area contributed by atoms with E-state index in [4.69, 9.17) is 0 Å². The van der Waals surface area contributed by atoms with Crippen molar-refractivity contribution in [2.24, 2.45) is 0 Å². The molecule has 2 aromatic carbocycles. The normalized spacial score (nSPS) is 11.2. The van der Waals surface area contributed by atoms with Crippen molar-refractivity contribution in [2.45, 2.75) is 6.92 Å². The second-order valence-corrected chi connectivity index (χ2v) is 6.31. The van der Waals surface area contributed by atoms with Crippen molar-refractivity contribution in [2.75, 3.05) is 0 Å². The first kappa shape index (κ1) is 13.8. The number of thiazole rings is 1. The van der Waals surface area contributed by atoms with Crippen molar-refractivity contribution in [3.05, 3.63) is 75.9 Å². The van der Waals surface area contributed by atoms with Gasteiger partial charge in [0.15, 0.2) is 11.9 Å². The molecule has 0 aliphatic rings. The molecule has 0 radical (unpaired) electrons. The summed E-state index contributed by atoms with van der Waals surface area (Å²) < 4.78 is 2.15. The Hall–Kier alpha value is -2.79. The van der Waals surface area contributed by atoms with Crippen LogP contribution in [0.2, 0.25) is 0 Å². The van der Waals surface area contributed by atoms with Crippen LogP contribution >= 0.6 is 11.3 Å². The first-order valence-corrected chi connectivity index (χ1v) is 8.09. The van der Waals surface area contributed by atoms with Crippen LogP contribution in [-0.4, -0.2) is 4.92 Å². The number of non-ortho nitro benzene ring substituents is 1. The second kappa shape index (κ2) is 5.14. The Morgan fingerprint density at radius 2 is 1.91 bits per heavy atom. The van der Waals surface area contributed by atoms with Crippen molar-refractivity contribution in [1.29, 1.82) is 0 Å². The summed E-state index contributed by atoms with van der Waals surface area (Å²) >= 11 is 1.66. The molecule has 0 saturated heterocycles. The summed E-state index contributed by atoms with van der Waals surface area (Å²) in [4.78, 5) is 11.9. The van der Waals surface area contributed by atoms with Crippen LogP contribution < -0.4 is 4.40 Å². The number of hydrogen-bond acceptors (Lipinski definition) is 3. The Labute approximate surface area is 136 Å². The van der Waals surface area contributed by atoms with E-state index in [1.54, 1.807) is 23.5 Å². The molecule has 0 unspecified atom stereocenters. The predicted octanol–water partition coefficient (Wildman–Crippen LogP) is 4.52. The van der Waals surface area contributed by atoms with Gasteiger partial charge < -0.3 is 0 Å². The quantitative estimate of drug-likeness (QED) is 0.309. The van der Waals surface area contributed by atoms with Crippen molar-refractivity contribution >= 4 is 32.6 Å². The van der Waals surface area contributed by atoms with Crippen LogP contribution in [-0.2, 0) is 0 Å². The average Bonchev–Trinajstić information content (AvgIpc) is 2.94. The Morgan fingerprint density at radius 1 is 1.13 bits per heavy atom. The lowest BCUT2D eigenvalue weighted by Gasteiger charge is -2.05. The third-order valence-corrected chi connectivity index (χ3v) is 5.08. The summed E-state index contributed by atoms with van der Waals surface area (Å²) in [7, 11) is 0. The summed E-state index contributed by atoms with van der Waals surface area (Å²) in [6, 6.07) is 15.1. The number of nitrogens with zero attached hydrogens (tertiary/aromatic N) is 2. The number of hydrogen-bond donors (Lipinski definition) is 0. The fourth-order valence-electron chi connectivity index (χ4n) is 2.88. The summed E-state index contributed by atoms with van der Waals surface area (Å²) in [5.74, 6) is 0. The Morgan fingerprint density at radius 3 is 2.65 bits per heavy atom. The van der Waals surface area contributed by atoms with Crippen LogP contribution in [0.25, 0.3) is 26.7 Å². The van der Waals surface area contributed by atoms with E-state index in [1.807, 2.05) is 42.6 Å². The highest BCUT2D eigenvalue weighted by molar-refractivity contribution is 7.15. The van der Waals surface area contributed by atoms with Gasteiger partial charge in [-0.3, -0.25) is 10.1 Å². The highest BCUT2D eigenvalue weighted by Crippen LogP contribution is 2.35. The van der Waals surface area contributed by atoms with E-state index >= 15 is 0 Å². The van der Waals surface area contributed by atoms with Gasteiger partial charge in [0.1, 0.15) is 0 Å². The minimum atomic E-state index is -0.342. The molecule has 2 heterocycles. The summed E-state index contributed by atoms with van der Waals surface area (Å²) in [5.41, 5.74) is 3.39. The maximum atomic E-state index is 11.2. The predicted molar refractivity (Wildman–Crippen MR) is 91.8 cm³/mol. The van der Waals surface area contributed by atoms with Gasteiger partial charge in [0.2, 0.25) is 0 Å². The molecular formula is C18H13N2O2S+. The molecule has 0 aliphatic heterocycles. The SMILES string of the molecule is Cc1csc2c(-c3ccccc3)c3cc([N+](=O)[O-])ccc3c[n+]12. The highest BCUT2D eigenvalue weighted by atomic mass is 32.1. The monoisotopic (exact) mass is 321 g/mol. The van der Waals surface area contributed by atoms with Gasteiger partial charge in [-0.2, -0.15) is 4.40 Å². The Bertz CT molecular complexity index is 1050. The van der Waals surface area contributed by atoms with E-state index in [-0.39, 0.29) is 10.6 Å². The van der Waals surface area contributed by atoms with Gasteiger partial charge in [-0.25, -0.2) is 0 Å². The smallest absolute Gasteiger partial charge is 0.258 e. The molecule has 0 N–H and O–H groups in total. The zero-order chi connectivity index (χ0) is 16.0. The van der Waals surface area contributed by atoms with Gasteiger partial charge in [-0.1, -0.05) is 41.7 Å². The average molecular weight is 321 g/mol. The molecule has 0 saturated carbocycles. The molecular weight excluding hydrogens is 308 g/mol. The number of nitro groups is 1. The molecule has 2 aromatic heterocycles. The molecule has 23 heavy (non-hydrogen) atoms. The number of pyridine rings is 1. The first-order chi connectivity index (χ1) is 11.1. The van der Waals surface area contributed by atoms with E-state index in [9.17, 15) is 10.1 Å². The molecule has 4 rings (SSSR count). The first-order valence-electron chi connectivity index (χ1n) is 7.21. The molecule has 0 bridgehead atoms. The van der Waals surface area contributed by atoms with Gasteiger partial charge in [0, 0.05) is 29.8 Å². The zero-order valence-corrected chi connectivity index (χ0v) is 13.2. The number of rotatable bonds is 2. The highest BCUT2D eigenvalue weighted by Gasteiger charge is 2.21. The third-order valence-electron chi connectivity index (χ3n) is 4.00. The van der Waals surface area contributed by atoms with Crippen LogP contribution in [0.15, 0.2) is 60.1 Å². The van der Waals surface area contributed by atoms with E-state index in [2.05, 4.69) is 16.7 Å². The lowest BCUT2D eigenvalue weighted by Crippen LogP contribution is -2.22. The summed E-state index contributed by atoms with van der Waals surface area (Å²) in [6.07, 6.45) is 2.05. The van der Waals surface area contributed by atoms with Crippen molar-refractivity contribution in [3.63, 3.8) is 0 Å². The van der Waals surface area contributed by atoms with E-state index in [0.717, 1.165) is 32.4 Å². The lowest BCUT2D eigenvalue weighted by atomic mass is 10.0. The lowest BCUT2D eigenvalue weighted by molar-refractivity contribution is -0.513. The minimum Gasteiger partial charge on any atom is -0.258 e. The number of aromatic nitrogens is 1. The maximum absolute atomic E-state index is 11.2. The number of aryl methyl sites for hydroxylation is 1. The number of benzene rings is 2. The maximum Gasteiger partial charge on any atom is 0.275 e. The van der Waals surface area contributed by atoms with Crippen molar-refractivity contribution in [3.8, 4) is 11.1 Å². The Kier molecular flexibility index (Phi) is 3.09. The van der Waals surface area contributed by atoms with Crippen LogP contribution in [0.3, 0.4) is 0 Å². The molecule has 0 spiro atoms. The van der Waals surface area contributed by atoms with Crippen molar-refractivity contribution < 1.29 is 9.32 Å². The van der Waals surface area contributed by atoms with Crippen LogP contribution in [0.4, 0.5) is 5.69 Å². The standard InChI is InChI=1S/C18H13N2O2S/c1-12-11-23-18-17(13-5-3-2-4-6-13)16-9-15(20(21)22)8-7-14(16)10-19(12)18/h2-11H,1H3/q+1. The fourth-order valence-corrected chi connectivity index (χ4v) is 3.93. The largest absolute Gasteiger partial charge is 0.275 e. The summed E-state index contributed by atoms with van der Waals surface area (Å²) in [5, 5.41) is 15.2. The van der Waals surface area contributed by atoms with Gasteiger partial charge in [-0.15, -0.1) is 0 Å². The number of nitro benzene ring substituents is 1. The minimum absolute atomic E-state index is 0.118. The fraction of sp³-hybridized carbons (Fsp3) is 0.0556. The topological polar surface area (TPSA) is 47.2 Å². The molecule has 0 atom stereocenters. The molecule has 5 heteroatoms. The Balaban J connectivity index is 2.20. The van der Waals surface area contributed by atoms with Gasteiger partial charge >= 0.3 is 0 Å². The third kappa shape index (κ3) is 2.17. The van der Waals surface area contributed by atoms with Crippen molar-refractivity contribution in [1.82, 2.24) is 0 Å². The molecule has 0 fully saturated rings. The summed E-state index contributed by atoms with van der Waals surface area (Å²) in [6.45, 7) is 2.06. The van der Waals surface area contributed by atoms with E-state index < -0.39 is 0 Å². The number of fused-ring (bicyclic) bond motifs is 2. The van der Waals surface area contributed by atoms with Crippen LogP contribution in [0, 0.1) is 17.0 Å². The van der Waals surface area contributed by atoms with E-state index in [1.165, 1.54) is 0 Å². The second-order valence-electron chi connectivity index (χ2n) is 5.45. The molecule has 4 nitrogen and oxygen atoms in total. The molecule has 0 aliphatic carbocycles. The molecule has 0 amide bonds. The van der Waals surface area contributed by atoms with Gasteiger partial charge in [0.25, 0.3) is 10.5 Å².